The van der Waals surface area contributed by atoms with Crippen LogP contribution in [-0.2, 0) is 0 Å². The van der Waals surface area contributed by atoms with Crippen LogP contribution in [0.25, 0.3) is 10.1 Å². The third-order valence-corrected chi connectivity index (χ3v) is 3.40. The molecule has 66 valence electrons. The highest BCUT2D eigenvalue weighted by Gasteiger charge is 2.23. The molecule has 1 aromatic heterocycles. The molecule has 0 spiro atoms. The van der Waals surface area contributed by atoms with E-state index in [4.69, 9.17) is 0 Å². The standard InChI is InChI=1S/C10H9NOS/c12-10-8-4-3-7(6-1-2-6)5-9(8)13-11-10/h3-6H,1-2H2,(H,11,12). The van der Waals surface area contributed by atoms with Gasteiger partial charge < -0.3 is 0 Å². The van der Waals surface area contributed by atoms with E-state index >= 15 is 0 Å². The van der Waals surface area contributed by atoms with Crippen molar-refractivity contribution in [3.8, 4) is 0 Å². The molecular formula is C10H9NOS. The Bertz CT molecular complexity index is 507. The fourth-order valence-electron chi connectivity index (χ4n) is 1.64. The number of nitrogens with one attached hydrogen (secondary N) is 1. The van der Waals surface area contributed by atoms with Crippen molar-refractivity contribution in [2.75, 3.05) is 0 Å². The van der Waals surface area contributed by atoms with Gasteiger partial charge in [0.25, 0.3) is 5.56 Å². The molecule has 3 rings (SSSR count). The lowest BCUT2D eigenvalue weighted by Crippen LogP contribution is -1.95. The SMILES string of the molecule is O=c1[nH]sc2cc(C3CC3)ccc12. The molecule has 1 aliphatic carbocycles. The summed E-state index contributed by atoms with van der Waals surface area (Å²) in [6.45, 7) is 0. The summed E-state index contributed by atoms with van der Waals surface area (Å²) >= 11 is 1.44. The fraction of sp³-hybridized carbons (Fsp3) is 0.300. The summed E-state index contributed by atoms with van der Waals surface area (Å²) in [6.07, 6.45) is 2.62. The van der Waals surface area contributed by atoms with Crippen LogP contribution in [0.5, 0.6) is 0 Å². The van der Waals surface area contributed by atoms with Gasteiger partial charge in [-0.2, -0.15) is 0 Å². The molecule has 0 saturated heterocycles. The molecule has 2 nitrogen and oxygen atoms in total. The Morgan fingerprint density at radius 1 is 1.38 bits per heavy atom. The van der Waals surface area contributed by atoms with Gasteiger partial charge in [-0.15, -0.1) is 0 Å². The third kappa shape index (κ3) is 1.11. The van der Waals surface area contributed by atoms with Crippen molar-refractivity contribution in [2.45, 2.75) is 18.8 Å². The maximum absolute atomic E-state index is 11.2. The van der Waals surface area contributed by atoms with Crippen LogP contribution in [0.2, 0.25) is 0 Å². The van der Waals surface area contributed by atoms with E-state index in [0.29, 0.717) is 0 Å². The average molecular weight is 191 g/mol. The van der Waals surface area contributed by atoms with Crippen molar-refractivity contribution in [2.24, 2.45) is 0 Å². The Morgan fingerprint density at radius 3 is 3.00 bits per heavy atom. The van der Waals surface area contributed by atoms with Crippen LogP contribution in [0, 0.1) is 0 Å². The first-order chi connectivity index (χ1) is 6.34. The van der Waals surface area contributed by atoms with Gasteiger partial charge in [-0.1, -0.05) is 17.6 Å². The molecular weight excluding hydrogens is 182 g/mol. The molecule has 3 heteroatoms. The molecule has 1 saturated carbocycles. The predicted molar refractivity (Wildman–Crippen MR) is 54.4 cm³/mol. The summed E-state index contributed by atoms with van der Waals surface area (Å²) in [5.74, 6) is 0.765. The first kappa shape index (κ1) is 7.33. The van der Waals surface area contributed by atoms with Crippen molar-refractivity contribution in [3.63, 3.8) is 0 Å². The van der Waals surface area contributed by atoms with E-state index in [1.165, 1.54) is 29.9 Å². The van der Waals surface area contributed by atoms with E-state index in [0.717, 1.165) is 16.0 Å². The monoisotopic (exact) mass is 191 g/mol. The van der Waals surface area contributed by atoms with Gasteiger partial charge in [0, 0.05) is 0 Å². The van der Waals surface area contributed by atoms with Gasteiger partial charge in [0.15, 0.2) is 0 Å². The Morgan fingerprint density at radius 2 is 2.23 bits per heavy atom. The molecule has 13 heavy (non-hydrogen) atoms. The topological polar surface area (TPSA) is 32.9 Å². The largest absolute Gasteiger partial charge is 0.277 e. The van der Waals surface area contributed by atoms with Crippen LogP contribution in [-0.4, -0.2) is 4.37 Å². The van der Waals surface area contributed by atoms with E-state index in [1.807, 2.05) is 6.07 Å². The Balaban J connectivity index is 2.27. The number of hydrogen-bond donors (Lipinski definition) is 1. The molecule has 0 bridgehead atoms. The molecule has 0 amide bonds. The van der Waals surface area contributed by atoms with Gasteiger partial charge in [0.2, 0.25) is 0 Å². The van der Waals surface area contributed by atoms with Crippen LogP contribution < -0.4 is 5.56 Å². The lowest BCUT2D eigenvalue weighted by molar-refractivity contribution is 1.14. The van der Waals surface area contributed by atoms with Crippen molar-refractivity contribution < 1.29 is 0 Å². The summed E-state index contributed by atoms with van der Waals surface area (Å²) in [7, 11) is 0. The zero-order valence-electron chi connectivity index (χ0n) is 7.04. The van der Waals surface area contributed by atoms with Gasteiger partial charge in [0.05, 0.1) is 10.1 Å². The smallest absolute Gasteiger partial charge is 0.265 e. The number of H-pyrrole nitrogens is 1. The number of aromatic nitrogens is 1. The maximum Gasteiger partial charge on any atom is 0.265 e. The minimum Gasteiger partial charge on any atom is -0.277 e. The Labute approximate surface area is 79.4 Å². The predicted octanol–water partition coefficient (Wildman–Crippen LogP) is 2.47. The quantitative estimate of drug-likeness (QED) is 0.738. The van der Waals surface area contributed by atoms with Crippen molar-refractivity contribution in [3.05, 3.63) is 34.1 Å². The highest BCUT2D eigenvalue weighted by Crippen LogP contribution is 2.40. The van der Waals surface area contributed by atoms with Crippen molar-refractivity contribution in [1.29, 1.82) is 0 Å². The highest BCUT2D eigenvalue weighted by molar-refractivity contribution is 7.13. The van der Waals surface area contributed by atoms with E-state index in [2.05, 4.69) is 16.5 Å². The third-order valence-electron chi connectivity index (χ3n) is 2.55. The van der Waals surface area contributed by atoms with Crippen LogP contribution >= 0.6 is 11.5 Å². The van der Waals surface area contributed by atoms with E-state index < -0.39 is 0 Å². The minimum atomic E-state index is 0.0438. The second-order valence-electron chi connectivity index (χ2n) is 3.56. The van der Waals surface area contributed by atoms with Crippen LogP contribution in [0.4, 0.5) is 0 Å². The average Bonchev–Trinajstić information content (AvgIpc) is 2.93. The van der Waals surface area contributed by atoms with Crippen LogP contribution in [0.1, 0.15) is 24.3 Å². The Hall–Kier alpha value is -1.09. The van der Waals surface area contributed by atoms with E-state index in [9.17, 15) is 4.79 Å². The number of hydrogen-bond acceptors (Lipinski definition) is 2. The van der Waals surface area contributed by atoms with Gasteiger partial charge in [-0.05, 0) is 36.5 Å². The second kappa shape index (κ2) is 2.45. The van der Waals surface area contributed by atoms with Crippen LogP contribution in [0.15, 0.2) is 23.0 Å². The summed E-state index contributed by atoms with van der Waals surface area (Å²) in [6, 6.07) is 6.18. The zero-order valence-corrected chi connectivity index (χ0v) is 7.86. The van der Waals surface area contributed by atoms with Crippen molar-refractivity contribution in [1.82, 2.24) is 4.37 Å². The minimum absolute atomic E-state index is 0.0438. The van der Waals surface area contributed by atoms with Crippen LogP contribution in [0.3, 0.4) is 0 Å². The van der Waals surface area contributed by atoms with Crippen molar-refractivity contribution >= 4 is 21.6 Å². The van der Waals surface area contributed by atoms with Gasteiger partial charge >= 0.3 is 0 Å². The lowest BCUT2D eigenvalue weighted by atomic mass is 10.1. The Kier molecular flexibility index (Phi) is 1.38. The lowest BCUT2D eigenvalue weighted by Gasteiger charge is -1.95. The molecule has 0 aliphatic heterocycles. The summed E-state index contributed by atoms with van der Waals surface area (Å²) in [4.78, 5) is 11.2. The number of aromatic amines is 1. The number of benzene rings is 1. The maximum atomic E-state index is 11.2. The molecule has 1 N–H and O–H groups in total. The molecule has 1 aliphatic rings. The number of rotatable bonds is 1. The zero-order chi connectivity index (χ0) is 8.84. The van der Waals surface area contributed by atoms with Gasteiger partial charge in [-0.25, -0.2) is 0 Å². The van der Waals surface area contributed by atoms with E-state index in [-0.39, 0.29) is 5.56 Å². The number of fused-ring (bicyclic) bond motifs is 1. The summed E-state index contributed by atoms with van der Waals surface area (Å²) < 4.78 is 3.84. The fourth-order valence-corrected chi connectivity index (χ4v) is 2.42. The molecule has 2 aromatic rings. The van der Waals surface area contributed by atoms with E-state index in [1.54, 1.807) is 0 Å². The summed E-state index contributed by atoms with van der Waals surface area (Å²) in [5, 5.41) is 0.828. The molecule has 0 atom stereocenters. The first-order valence-electron chi connectivity index (χ1n) is 4.46. The normalized spacial score (nSPS) is 16.6. The molecule has 1 aromatic carbocycles. The molecule has 0 radical (unpaired) electrons. The first-order valence-corrected chi connectivity index (χ1v) is 5.27. The van der Waals surface area contributed by atoms with Gasteiger partial charge in [0.1, 0.15) is 0 Å². The van der Waals surface area contributed by atoms with Gasteiger partial charge in [-0.3, -0.25) is 9.17 Å². The molecule has 0 unspecified atom stereocenters. The molecule has 1 heterocycles. The highest BCUT2D eigenvalue weighted by atomic mass is 32.1. The second-order valence-corrected chi connectivity index (χ2v) is 4.41. The molecule has 1 fully saturated rings. The summed E-state index contributed by atoms with van der Waals surface area (Å²) in [5.41, 5.74) is 1.44.